The van der Waals surface area contributed by atoms with Crippen LogP contribution in [0.1, 0.15) is 9.67 Å². The predicted molar refractivity (Wildman–Crippen MR) is 48.8 cm³/mol. The number of hydrogen-bond donors (Lipinski definition) is 1. The van der Waals surface area contributed by atoms with Crippen molar-refractivity contribution < 1.29 is 9.59 Å². The van der Waals surface area contributed by atoms with Gasteiger partial charge in [0.2, 0.25) is 5.91 Å². The summed E-state index contributed by atoms with van der Waals surface area (Å²) in [5.74, 6) is -0.295. The van der Waals surface area contributed by atoms with Gasteiger partial charge in [-0.3, -0.25) is 9.59 Å². The molecule has 7 heteroatoms. The van der Waals surface area contributed by atoms with Crippen molar-refractivity contribution in [2.45, 2.75) is 0 Å². The molecule has 1 aromatic heterocycles. The van der Waals surface area contributed by atoms with Crippen LogP contribution in [0, 0.1) is 0 Å². The molecule has 2 heterocycles. The predicted octanol–water partition coefficient (Wildman–Crippen LogP) is -0.890. The molecule has 2 amide bonds. The van der Waals surface area contributed by atoms with Crippen molar-refractivity contribution in [3.05, 3.63) is 11.1 Å². The molecule has 1 saturated heterocycles. The summed E-state index contributed by atoms with van der Waals surface area (Å²) in [6, 6.07) is 0. The van der Waals surface area contributed by atoms with Gasteiger partial charge in [-0.05, 0) is 11.5 Å². The maximum absolute atomic E-state index is 11.7. The molecule has 0 saturated carbocycles. The molecule has 1 N–H and O–H groups in total. The molecule has 0 aliphatic carbocycles. The Morgan fingerprint density at radius 1 is 1.64 bits per heavy atom. The highest BCUT2D eigenvalue weighted by atomic mass is 32.1. The second kappa shape index (κ2) is 3.70. The van der Waals surface area contributed by atoms with Gasteiger partial charge in [-0.1, -0.05) is 4.49 Å². The summed E-state index contributed by atoms with van der Waals surface area (Å²) in [6.45, 7) is 1.18. The highest BCUT2D eigenvalue weighted by molar-refractivity contribution is 7.07. The fourth-order valence-electron chi connectivity index (χ4n) is 1.23. The number of nitrogens with zero attached hydrogens (tertiary/aromatic N) is 3. The van der Waals surface area contributed by atoms with E-state index in [9.17, 15) is 9.59 Å². The topological polar surface area (TPSA) is 75.2 Å². The van der Waals surface area contributed by atoms with Crippen LogP contribution in [0.4, 0.5) is 0 Å². The number of carbonyl (C=O) groups excluding carboxylic acids is 2. The van der Waals surface area contributed by atoms with Crippen LogP contribution >= 0.6 is 11.5 Å². The Kier molecular flexibility index (Phi) is 2.40. The van der Waals surface area contributed by atoms with Gasteiger partial charge in [-0.15, -0.1) is 5.10 Å². The first-order valence-electron chi connectivity index (χ1n) is 4.10. The van der Waals surface area contributed by atoms with E-state index < -0.39 is 0 Å². The Balaban J connectivity index is 2.08. The summed E-state index contributed by atoms with van der Waals surface area (Å²) in [6.07, 6.45) is 1.42. The molecule has 6 nitrogen and oxygen atoms in total. The third-order valence-electron chi connectivity index (χ3n) is 1.90. The molecule has 74 valence electrons. The van der Waals surface area contributed by atoms with Gasteiger partial charge in [0, 0.05) is 13.1 Å². The van der Waals surface area contributed by atoms with Crippen molar-refractivity contribution in [2.24, 2.45) is 0 Å². The summed E-state index contributed by atoms with van der Waals surface area (Å²) in [5, 5.41) is 6.23. The summed E-state index contributed by atoms with van der Waals surface area (Å²) in [7, 11) is 0. The fraction of sp³-hybridized carbons (Fsp3) is 0.429. The molecule has 1 aliphatic heterocycles. The van der Waals surface area contributed by atoms with Crippen molar-refractivity contribution >= 4 is 23.3 Å². The molecule has 0 aromatic carbocycles. The lowest BCUT2D eigenvalue weighted by Gasteiger charge is -2.25. The standard InChI is InChI=1S/C7H8N4O2S/c12-6-4-11(2-1-8-6)7(13)5-3-9-10-14-5/h3H,1-2,4H2,(H,8,12). The van der Waals surface area contributed by atoms with E-state index in [2.05, 4.69) is 14.9 Å². The average molecular weight is 212 g/mol. The Bertz CT molecular complexity index is 351. The van der Waals surface area contributed by atoms with Crippen LogP contribution in [0.25, 0.3) is 0 Å². The van der Waals surface area contributed by atoms with E-state index in [1.807, 2.05) is 0 Å². The van der Waals surface area contributed by atoms with Gasteiger partial charge in [-0.25, -0.2) is 0 Å². The summed E-state index contributed by atoms with van der Waals surface area (Å²) >= 11 is 1.04. The number of hydrogen-bond acceptors (Lipinski definition) is 5. The van der Waals surface area contributed by atoms with E-state index in [0.717, 1.165) is 11.5 Å². The van der Waals surface area contributed by atoms with E-state index in [-0.39, 0.29) is 18.4 Å². The van der Waals surface area contributed by atoms with E-state index in [1.54, 1.807) is 0 Å². The van der Waals surface area contributed by atoms with Crippen LogP contribution in [0.2, 0.25) is 0 Å². The molecule has 0 radical (unpaired) electrons. The smallest absolute Gasteiger partial charge is 0.267 e. The molecule has 1 aromatic rings. The quantitative estimate of drug-likeness (QED) is 0.655. The van der Waals surface area contributed by atoms with Crippen molar-refractivity contribution in [2.75, 3.05) is 19.6 Å². The first kappa shape index (κ1) is 9.07. The Hall–Kier alpha value is -1.50. The Morgan fingerprint density at radius 3 is 3.14 bits per heavy atom. The molecule has 1 fully saturated rings. The van der Waals surface area contributed by atoms with E-state index in [4.69, 9.17) is 0 Å². The zero-order valence-corrected chi connectivity index (χ0v) is 8.08. The molecule has 0 unspecified atom stereocenters. The number of rotatable bonds is 1. The molecule has 0 spiro atoms. The number of carbonyl (C=O) groups is 2. The molecule has 2 rings (SSSR count). The van der Waals surface area contributed by atoms with Crippen LogP contribution in [0.3, 0.4) is 0 Å². The second-order valence-electron chi connectivity index (χ2n) is 2.86. The van der Waals surface area contributed by atoms with Gasteiger partial charge >= 0.3 is 0 Å². The zero-order chi connectivity index (χ0) is 9.97. The van der Waals surface area contributed by atoms with E-state index in [0.29, 0.717) is 18.0 Å². The molecule has 0 atom stereocenters. The Morgan fingerprint density at radius 2 is 2.50 bits per heavy atom. The van der Waals surface area contributed by atoms with Gasteiger partial charge in [0.25, 0.3) is 5.91 Å². The van der Waals surface area contributed by atoms with Crippen LogP contribution in [0.15, 0.2) is 6.20 Å². The highest BCUT2D eigenvalue weighted by Crippen LogP contribution is 2.07. The van der Waals surface area contributed by atoms with Gasteiger partial charge in [0.1, 0.15) is 4.88 Å². The minimum absolute atomic E-state index is 0.122. The SMILES string of the molecule is O=C1CN(C(=O)c2cnns2)CCN1. The van der Waals surface area contributed by atoms with E-state index in [1.165, 1.54) is 11.1 Å². The monoisotopic (exact) mass is 212 g/mol. The van der Waals surface area contributed by atoms with Crippen molar-refractivity contribution in [1.82, 2.24) is 19.8 Å². The lowest BCUT2D eigenvalue weighted by atomic mass is 10.3. The number of aromatic nitrogens is 2. The maximum atomic E-state index is 11.7. The normalized spacial score (nSPS) is 16.6. The highest BCUT2D eigenvalue weighted by Gasteiger charge is 2.23. The Labute approximate surface area is 84.1 Å². The zero-order valence-electron chi connectivity index (χ0n) is 7.27. The van der Waals surface area contributed by atoms with Crippen LogP contribution in [-0.4, -0.2) is 45.9 Å². The van der Waals surface area contributed by atoms with Crippen molar-refractivity contribution in [3.8, 4) is 0 Å². The average Bonchev–Trinajstić information content (AvgIpc) is 2.69. The van der Waals surface area contributed by atoms with Crippen LogP contribution < -0.4 is 5.32 Å². The van der Waals surface area contributed by atoms with Crippen LogP contribution in [-0.2, 0) is 4.79 Å². The van der Waals surface area contributed by atoms with Gasteiger partial charge in [0.05, 0.1) is 12.7 Å². The van der Waals surface area contributed by atoms with Gasteiger partial charge < -0.3 is 10.2 Å². The summed E-state index contributed by atoms with van der Waals surface area (Å²) in [4.78, 5) is 24.7. The molecule has 1 aliphatic rings. The molecule has 14 heavy (non-hydrogen) atoms. The lowest BCUT2D eigenvalue weighted by Crippen LogP contribution is -2.49. The van der Waals surface area contributed by atoms with Crippen molar-refractivity contribution in [3.63, 3.8) is 0 Å². The minimum Gasteiger partial charge on any atom is -0.353 e. The molecule has 0 bridgehead atoms. The first-order valence-corrected chi connectivity index (χ1v) is 4.88. The maximum Gasteiger partial charge on any atom is 0.267 e. The molecular formula is C7H8N4O2S. The summed E-state index contributed by atoms with van der Waals surface area (Å²) in [5.41, 5.74) is 0. The van der Waals surface area contributed by atoms with Crippen molar-refractivity contribution in [1.29, 1.82) is 0 Å². The minimum atomic E-state index is -0.171. The third-order valence-corrected chi connectivity index (χ3v) is 2.55. The molecular weight excluding hydrogens is 204 g/mol. The summed E-state index contributed by atoms with van der Waals surface area (Å²) < 4.78 is 3.60. The van der Waals surface area contributed by atoms with E-state index >= 15 is 0 Å². The lowest BCUT2D eigenvalue weighted by molar-refractivity contribution is -0.123. The fourth-order valence-corrected chi connectivity index (χ4v) is 1.71. The largest absolute Gasteiger partial charge is 0.353 e. The van der Waals surface area contributed by atoms with Crippen LogP contribution in [0.5, 0.6) is 0 Å². The second-order valence-corrected chi connectivity index (χ2v) is 3.64. The van der Waals surface area contributed by atoms with Gasteiger partial charge in [-0.2, -0.15) is 0 Å². The number of piperazine rings is 1. The third kappa shape index (κ3) is 1.72. The number of amides is 2. The number of nitrogens with one attached hydrogen (secondary N) is 1. The van der Waals surface area contributed by atoms with Gasteiger partial charge in [0.15, 0.2) is 0 Å². The first-order chi connectivity index (χ1) is 6.77.